The van der Waals surface area contributed by atoms with Crippen LogP contribution in [0.3, 0.4) is 0 Å². The lowest BCUT2D eigenvalue weighted by Gasteiger charge is -2.13. The van der Waals surface area contributed by atoms with Crippen LogP contribution < -0.4 is 15.8 Å². The molecule has 0 spiro atoms. The molecular formula is C15H17N3O3. The highest BCUT2D eigenvalue weighted by Gasteiger charge is 2.14. The zero-order chi connectivity index (χ0) is 15.2. The van der Waals surface area contributed by atoms with Gasteiger partial charge >= 0.3 is 5.97 Å². The van der Waals surface area contributed by atoms with E-state index in [0.29, 0.717) is 35.1 Å². The Morgan fingerprint density at radius 3 is 2.76 bits per heavy atom. The highest BCUT2D eigenvalue weighted by atomic mass is 16.5. The highest BCUT2D eigenvalue weighted by molar-refractivity contribution is 5.99. The maximum Gasteiger partial charge on any atom is 0.340 e. The lowest BCUT2D eigenvalue weighted by Crippen LogP contribution is -2.08. The molecule has 0 fully saturated rings. The fraction of sp³-hybridized carbons (Fsp3) is 0.200. The van der Waals surface area contributed by atoms with E-state index < -0.39 is 5.97 Å². The van der Waals surface area contributed by atoms with E-state index in [4.69, 9.17) is 15.2 Å². The summed E-state index contributed by atoms with van der Waals surface area (Å²) in [7, 11) is 1.33. The second kappa shape index (κ2) is 6.60. The van der Waals surface area contributed by atoms with Gasteiger partial charge in [-0.25, -0.2) is 9.78 Å². The molecule has 2 rings (SSSR count). The first-order valence-corrected chi connectivity index (χ1v) is 6.48. The number of aromatic nitrogens is 1. The van der Waals surface area contributed by atoms with Gasteiger partial charge in [-0.15, -0.1) is 0 Å². The van der Waals surface area contributed by atoms with Crippen LogP contribution in [0.1, 0.15) is 17.3 Å². The number of para-hydroxylation sites is 1. The number of hydrogen-bond acceptors (Lipinski definition) is 6. The van der Waals surface area contributed by atoms with Gasteiger partial charge in [0, 0.05) is 6.07 Å². The van der Waals surface area contributed by atoms with Gasteiger partial charge in [0.05, 0.1) is 42.5 Å². The van der Waals surface area contributed by atoms with Crippen LogP contribution in [0.4, 0.5) is 17.1 Å². The normalized spacial score (nSPS) is 10.0. The molecule has 6 nitrogen and oxygen atoms in total. The van der Waals surface area contributed by atoms with Crippen LogP contribution in [0.25, 0.3) is 0 Å². The van der Waals surface area contributed by atoms with Gasteiger partial charge in [0.2, 0.25) is 5.88 Å². The van der Waals surface area contributed by atoms with Crippen LogP contribution in [0.2, 0.25) is 0 Å². The third-order valence-electron chi connectivity index (χ3n) is 2.80. The smallest absolute Gasteiger partial charge is 0.340 e. The first kappa shape index (κ1) is 14.6. The van der Waals surface area contributed by atoms with E-state index in [0.717, 1.165) is 0 Å². The van der Waals surface area contributed by atoms with Gasteiger partial charge in [-0.2, -0.15) is 0 Å². The minimum atomic E-state index is -0.455. The predicted octanol–water partition coefficient (Wildman–Crippen LogP) is 2.59. The SMILES string of the molecule is CCOc1ccc(Nc2c(N)cccc2C(=O)OC)cn1. The molecule has 2 aromatic rings. The molecule has 0 bridgehead atoms. The van der Waals surface area contributed by atoms with Gasteiger partial charge in [-0.1, -0.05) is 6.07 Å². The zero-order valence-corrected chi connectivity index (χ0v) is 11.9. The molecule has 0 radical (unpaired) electrons. The van der Waals surface area contributed by atoms with Crippen LogP contribution in [-0.2, 0) is 4.74 Å². The number of methoxy groups -OCH3 is 1. The summed E-state index contributed by atoms with van der Waals surface area (Å²) in [4.78, 5) is 15.9. The number of benzene rings is 1. The van der Waals surface area contributed by atoms with Gasteiger partial charge in [0.1, 0.15) is 0 Å². The number of anilines is 3. The maximum absolute atomic E-state index is 11.8. The summed E-state index contributed by atoms with van der Waals surface area (Å²) < 4.78 is 10.0. The molecule has 0 saturated carbocycles. The molecule has 6 heteroatoms. The Kier molecular flexibility index (Phi) is 4.61. The average molecular weight is 287 g/mol. The monoisotopic (exact) mass is 287 g/mol. The van der Waals surface area contributed by atoms with Crippen LogP contribution in [0.15, 0.2) is 36.5 Å². The van der Waals surface area contributed by atoms with E-state index >= 15 is 0 Å². The molecule has 3 N–H and O–H groups in total. The van der Waals surface area contributed by atoms with Crippen LogP contribution in [-0.4, -0.2) is 24.7 Å². The van der Waals surface area contributed by atoms with E-state index in [1.165, 1.54) is 7.11 Å². The van der Waals surface area contributed by atoms with Crippen molar-refractivity contribution in [3.8, 4) is 5.88 Å². The van der Waals surface area contributed by atoms with Gasteiger partial charge in [0.15, 0.2) is 0 Å². The number of nitrogen functional groups attached to an aromatic ring is 1. The van der Waals surface area contributed by atoms with E-state index in [2.05, 4.69) is 10.3 Å². The van der Waals surface area contributed by atoms with Crippen molar-refractivity contribution >= 4 is 23.0 Å². The number of pyridine rings is 1. The molecule has 21 heavy (non-hydrogen) atoms. The number of ether oxygens (including phenoxy) is 2. The number of rotatable bonds is 5. The summed E-state index contributed by atoms with van der Waals surface area (Å²) in [6.45, 7) is 2.44. The van der Waals surface area contributed by atoms with Crippen molar-refractivity contribution in [3.05, 3.63) is 42.1 Å². The van der Waals surface area contributed by atoms with Crippen molar-refractivity contribution in [1.82, 2.24) is 4.98 Å². The Morgan fingerprint density at radius 1 is 1.33 bits per heavy atom. The third kappa shape index (κ3) is 3.42. The second-order valence-corrected chi connectivity index (χ2v) is 4.20. The second-order valence-electron chi connectivity index (χ2n) is 4.20. The Labute approximate surface area is 122 Å². The largest absolute Gasteiger partial charge is 0.478 e. The fourth-order valence-electron chi connectivity index (χ4n) is 1.82. The molecule has 1 aromatic heterocycles. The Morgan fingerprint density at radius 2 is 2.14 bits per heavy atom. The Bertz CT molecular complexity index is 627. The molecule has 1 heterocycles. The number of hydrogen-bond donors (Lipinski definition) is 2. The maximum atomic E-state index is 11.8. The number of nitrogens with one attached hydrogen (secondary N) is 1. The van der Waals surface area contributed by atoms with Gasteiger partial charge in [-0.05, 0) is 25.1 Å². The van der Waals surface area contributed by atoms with E-state index in [-0.39, 0.29) is 0 Å². The summed E-state index contributed by atoms with van der Waals surface area (Å²) in [5.74, 6) is 0.0842. The Balaban J connectivity index is 2.28. The molecule has 0 aliphatic carbocycles. The van der Waals surface area contributed by atoms with Crippen molar-refractivity contribution in [2.45, 2.75) is 6.92 Å². The van der Waals surface area contributed by atoms with Crippen LogP contribution in [0, 0.1) is 0 Å². The van der Waals surface area contributed by atoms with Crippen LogP contribution in [0.5, 0.6) is 5.88 Å². The summed E-state index contributed by atoms with van der Waals surface area (Å²) in [6.07, 6.45) is 1.61. The predicted molar refractivity (Wildman–Crippen MR) is 80.9 cm³/mol. The van der Waals surface area contributed by atoms with Crippen LogP contribution >= 0.6 is 0 Å². The van der Waals surface area contributed by atoms with Crippen molar-refractivity contribution in [3.63, 3.8) is 0 Å². The average Bonchev–Trinajstić information content (AvgIpc) is 2.50. The van der Waals surface area contributed by atoms with Crippen molar-refractivity contribution in [2.75, 3.05) is 24.8 Å². The molecule has 0 atom stereocenters. The molecular weight excluding hydrogens is 270 g/mol. The minimum absolute atomic E-state index is 0.367. The lowest BCUT2D eigenvalue weighted by molar-refractivity contribution is 0.0602. The zero-order valence-electron chi connectivity index (χ0n) is 11.9. The molecule has 1 aromatic carbocycles. The van der Waals surface area contributed by atoms with Crippen molar-refractivity contribution < 1.29 is 14.3 Å². The molecule has 110 valence electrons. The summed E-state index contributed by atoms with van der Waals surface area (Å²) >= 11 is 0. The Hall–Kier alpha value is -2.76. The number of carbonyl (C=O) groups excluding carboxylic acids is 1. The molecule has 0 amide bonds. The summed E-state index contributed by atoms with van der Waals surface area (Å²) in [6, 6.07) is 8.58. The van der Waals surface area contributed by atoms with E-state index in [9.17, 15) is 4.79 Å². The van der Waals surface area contributed by atoms with Crippen molar-refractivity contribution in [2.24, 2.45) is 0 Å². The molecule has 0 saturated heterocycles. The lowest BCUT2D eigenvalue weighted by atomic mass is 10.1. The molecule has 0 aliphatic heterocycles. The topological polar surface area (TPSA) is 86.5 Å². The quantitative estimate of drug-likeness (QED) is 0.649. The van der Waals surface area contributed by atoms with Gasteiger partial charge in [0.25, 0.3) is 0 Å². The number of nitrogens with two attached hydrogens (primary N) is 1. The number of carbonyl (C=O) groups is 1. The standard InChI is InChI=1S/C15H17N3O3/c1-3-21-13-8-7-10(9-17-13)18-14-11(15(19)20-2)5-4-6-12(14)16/h4-9,18H,3,16H2,1-2H3. The van der Waals surface area contributed by atoms with E-state index in [1.54, 1.807) is 36.5 Å². The first-order valence-electron chi connectivity index (χ1n) is 6.48. The number of esters is 1. The molecule has 0 aliphatic rings. The van der Waals surface area contributed by atoms with Gasteiger partial charge in [-0.3, -0.25) is 0 Å². The molecule has 0 unspecified atom stereocenters. The minimum Gasteiger partial charge on any atom is -0.478 e. The van der Waals surface area contributed by atoms with Gasteiger partial charge < -0.3 is 20.5 Å². The summed E-state index contributed by atoms with van der Waals surface area (Å²) in [5.41, 5.74) is 7.93. The first-order chi connectivity index (χ1) is 10.2. The summed E-state index contributed by atoms with van der Waals surface area (Å²) in [5, 5.41) is 3.08. The highest BCUT2D eigenvalue weighted by Crippen LogP contribution is 2.28. The van der Waals surface area contributed by atoms with E-state index in [1.807, 2.05) is 6.92 Å². The third-order valence-corrected chi connectivity index (χ3v) is 2.80. The van der Waals surface area contributed by atoms with Crippen molar-refractivity contribution in [1.29, 1.82) is 0 Å². The number of nitrogens with zero attached hydrogens (tertiary/aromatic N) is 1. The fourth-order valence-corrected chi connectivity index (χ4v) is 1.82.